The first-order valence-corrected chi connectivity index (χ1v) is 7.27. The Morgan fingerprint density at radius 1 is 1.65 bits per heavy atom. The van der Waals surface area contributed by atoms with Gasteiger partial charge in [-0.1, -0.05) is 6.92 Å². The molecular weight excluding hydrogens is 256 g/mol. The first-order valence-electron chi connectivity index (χ1n) is 7.27. The molecule has 1 aromatic rings. The second-order valence-electron chi connectivity index (χ2n) is 5.41. The predicted octanol–water partition coefficient (Wildman–Crippen LogP) is 0.224. The number of aromatic nitrogens is 2. The van der Waals surface area contributed by atoms with Gasteiger partial charge in [0, 0.05) is 23.7 Å². The lowest BCUT2D eigenvalue weighted by atomic mass is 9.92. The zero-order valence-corrected chi connectivity index (χ0v) is 12.2. The van der Waals surface area contributed by atoms with Crippen molar-refractivity contribution in [3.8, 4) is 0 Å². The van der Waals surface area contributed by atoms with Crippen molar-refractivity contribution in [1.29, 1.82) is 0 Å². The molecule has 3 N–H and O–H groups in total. The maximum atomic E-state index is 12.1. The van der Waals surface area contributed by atoms with E-state index in [-0.39, 0.29) is 24.5 Å². The predicted molar refractivity (Wildman–Crippen MR) is 76.2 cm³/mol. The molecule has 0 radical (unpaired) electrons. The number of hydrogen-bond acceptors (Lipinski definition) is 4. The fraction of sp³-hybridized carbons (Fsp3) is 0.714. The SMILES string of the molecule is CNCC(C)C(=O)NC1CCCc2c1cnn2CCO. The molecule has 1 amide bonds. The van der Waals surface area contributed by atoms with Crippen LogP contribution in [0, 0.1) is 5.92 Å². The smallest absolute Gasteiger partial charge is 0.224 e. The Hall–Kier alpha value is -1.40. The Morgan fingerprint density at radius 3 is 3.15 bits per heavy atom. The minimum atomic E-state index is -0.0436. The molecule has 6 heteroatoms. The van der Waals surface area contributed by atoms with Gasteiger partial charge >= 0.3 is 0 Å². The Labute approximate surface area is 119 Å². The largest absolute Gasteiger partial charge is 0.394 e. The highest BCUT2D eigenvalue weighted by Gasteiger charge is 2.26. The third kappa shape index (κ3) is 3.19. The molecule has 1 aromatic heterocycles. The molecule has 0 saturated carbocycles. The number of amides is 1. The van der Waals surface area contributed by atoms with Crippen LogP contribution in [0.5, 0.6) is 0 Å². The summed E-state index contributed by atoms with van der Waals surface area (Å²) in [5.41, 5.74) is 2.26. The summed E-state index contributed by atoms with van der Waals surface area (Å²) in [7, 11) is 1.85. The Bertz CT molecular complexity index is 458. The van der Waals surface area contributed by atoms with Gasteiger partial charge in [-0.05, 0) is 26.3 Å². The molecule has 2 atom stereocenters. The number of carbonyl (C=O) groups excluding carboxylic acids is 1. The first-order chi connectivity index (χ1) is 9.67. The molecule has 0 aromatic carbocycles. The van der Waals surface area contributed by atoms with E-state index in [0.717, 1.165) is 30.5 Å². The van der Waals surface area contributed by atoms with Crippen LogP contribution in [-0.4, -0.2) is 41.0 Å². The van der Waals surface area contributed by atoms with Gasteiger partial charge in [-0.3, -0.25) is 9.48 Å². The van der Waals surface area contributed by atoms with E-state index in [2.05, 4.69) is 15.7 Å². The maximum absolute atomic E-state index is 12.1. The van der Waals surface area contributed by atoms with E-state index in [1.807, 2.05) is 24.9 Å². The van der Waals surface area contributed by atoms with E-state index in [1.165, 1.54) is 0 Å². The highest BCUT2D eigenvalue weighted by molar-refractivity contribution is 5.79. The van der Waals surface area contributed by atoms with Crippen LogP contribution in [0.15, 0.2) is 6.20 Å². The van der Waals surface area contributed by atoms with E-state index in [4.69, 9.17) is 5.11 Å². The van der Waals surface area contributed by atoms with Crippen LogP contribution in [-0.2, 0) is 17.8 Å². The van der Waals surface area contributed by atoms with Gasteiger partial charge in [0.15, 0.2) is 0 Å². The number of aliphatic hydroxyl groups excluding tert-OH is 1. The van der Waals surface area contributed by atoms with Gasteiger partial charge in [0.2, 0.25) is 5.91 Å². The van der Waals surface area contributed by atoms with Crippen LogP contribution in [0.3, 0.4) is 0 Å². The molecule has 2 unspecified atom stereocenters. The summed E-state index contributed by atoms with van der Waals surface area (Å²) in [5.74, 6) is 0.0324. The Balaban J connectivity index is 2.07. The molecule has 1 heterocycles. The van der Waals surface area contributed by atoms with E-state index in [0.29, 0.717) is 13.1 Å². The molecule has 2 rings (SSSR count). The van der Waals surface area contributed by atoms with Crippen LogP contribution in [0.25, 0.3) is 0 Å². The fourth-order valence-corrected chi connectivity index (χ4v) is 2.77. The van der Waals surface area contributed by atoms with E-state index >= 15 is 0 Å². The molecule has 6 nitrogen and oxygen atoms in total. The average molecular weight is 280 g/mol. The molecule has 20 heavy (non-hydrogen) atoms. The summed E-state index contributed by atoms with van der Waals surface area (Å²) < 4.78 is 1.85. The summed E-state index contributed by atoms with van der Waals surface area (Å²) in [6, 6.07) is 0.0537. The molecule has 0 aliphatic heterocycles. The van der Waals surface area contributed by atoms with Crippen molar-refractivity contribution < 1.29 is 9.90 Å². The molecule has 112 valence electrons. The minimum Gasteiger partial charge on any atom is -0.394 e. The lowest BCUT2D eigenvalue weighted by Crippen LogP contribution is -2.37. The second kappa shape index (κ2) is 6.85. The van der Waals surface area contributed by atoms with Crippen molar-refractivity contribution in [2.45, 2.75) is 38.8 Å². The Morgan fingerprint density at radius 2 is 2.45 bits per heavy atom. The van der Waals surface area contributed by atoms with E-state index in [9.17, 15) is 4.79 Å². The van der Waals surface area contributed by atoms with Crippen LogP contribution in [0.1, 0.15) is 37.1 Å². The van der Waals surface area contributed by atoms with Gasteiger partial charge < -0.3 is 15.7 Å². The number of hydrogen-bond donors (Lipinski definition) is 3. The van der Waals surface area contributed by atoms with Gasteiger partial charge in [-0.25, -0.2) is 0 Å². The zero-order chi connectivity index (χ0) is 14.5. The number of nitrogens with zero attached hydrogens (tertiary/aromatic N) is 2. The quantitative estimate of drug-likeness (QED) is 0.697. The Kier molecular flexibility index (Phi) is 5.14. The molecule has 0 fully saturated rings. The normalized spacial score (nSPS) is 19.4. The third-order valence-corrected chi connectivity index (χ3v) is 3.85. The van der Waals surface area contributed by atoms with Crippen LogP contribution >= 0.6 is 0 Å². The van der Waals surface area contributed by atoms with Crippen LogP contribution < -0.4 is 10.6 Å². The summed E-state index contributed by atoms with van der Waals surface area (Å²) in [4.78, 5) is 12.1. The number of nitrogens with one attached hydrogen (secondary N) is 2. The number of aliphatic hydroxyl groups is 1. The molecular formula is C14H24N4O2. The number of fused-ring (bicyclic) bond motifs is 1. The van der Waals surface area contributed by atoms with E-state index in [1.54, 1.807) is 0 Å². The van der Waals surface area contributed by atoms with Crippen molar-refractivity contribution >= 4 is 5.91 Å². The average Bonchev–Trinajstić information content (AvgIpc) is 2.84. The topological polar surface area (TPSA) is 79.2 Å². The second-order valence-corrected chi connectivity index (χ2v) is 5.41. The lowest BCUT2D eigenvalue weighted by molar-refractivity contribution is -0.125. The third-order valence-electron chi connectivity index (χ3n) is 3.85. The minimum absolute atomic E-state index is 0.0436. The summed E-state index contributed by atoms with van der Waals surface area (Å²) >= 11 is 0. The van der Waals surface area contributed by atoms with E-state index < -0.39 is 0 Å². The summed E-state index contributed by atoms with van der Waals surface area (Å²) in [6.45, 7) is 3.20. The molecule has 0 bridgehead atoms. The lowest BCUT2D eigenvalue weighted by Gasteiger charge is -2.25. The highest BCUT2D eigenvalue weighted by Crippen LogP contribution is 2.29. The van der Waals surface area contributed by atoms with Crippen molar-refractivity contribution in [2.24, 2.45) is 5.92 Å². The maximum Gasteiger partial charge on any atom is 0.224 e. The monoisotopic (exact) mass is 280 g/mol. The molecule has 1 aliphatic rings. The van der Waals surface area contributed by atoms with Crippen molar-refractivity contribution in [2.75, 3.05) is 20.2 Å². The molecule has 0 saturated heterocycles. The van der Waals surface area contributed by atoms with Crippen molar-refractivity contribution in [3.05, 3.63) is 17.5 Å². The van der Waals surface area contributed by atoms with Crippen molar-refractivity contribution in [1.82, 2.24) is 20.4 Å². The fourth-order valence-electron chi connectivity index (χ4n) is 2.77. The van der Waals surface area contributed by atoms with Gasteiger partial charge in [-0.15, -0.1) is 0 Å². The van der Waals surface area contributed by atoms with Crippen LogP contribution in [0.4, 0.5) is 0 Å². The highest BCUT2D eigenvalue weighted by atomic mass is 16.3. The van der Waals surface area contributed by atoms with Gasteiger partial charge in [0.1, 0.15) is 0 Å². The first kappa shape index (κ1) is 15.0. The van der Waals surface area contributed by atoms with Gasteiger partial charge in [-0.2, -0.15) is 5.10 Å². The standard InChI is InChI=1S/C14H24N4O2/c1-10(8-15-2)14(20)17-12-4-3-5-13-11(12)9-16-18(13)6-7-19/h9-10,12,15,19H,3-8H2,1-2H3,(H,17,20). The number of rotatable bonds is 6. The van der Waals surface area contributed by atoms with Crippen molar-refractivity contribution in [3.63, 3.8) is 0 Å². The van der Waals surface area contributed by atoms with Gasteiger partial charge in [0.25, 0.3) is 0 Å². The van der Waals surface area contributed by atoms with Crippen LogP contribution in [0.2, 0.25) is 0 Å². The summed E-state index contributed by atoms with van der Waals surface area (Å²) in [6.07, 6.45) is 4.79. The zero-order valence-electron chi connectivity index (χ0n) is 12.2. The van der Waals surface area contributed by atoms with Gasteiger partial charge in [0.05, 0.1) is 25.4 Å². The molecule has 0 spiro atoms. The molecule has 1 aliphatic carbocycles. The summed E-state index contributed by atoms with van der Waals surface area (Å²) in [5, 5.41) is 19.5. The number of carbonyl (C=O) groups is 1.